The molecule has 7 nitrogen and oxygen atoms in total. The first-order chi connectivity index (χ1) is 10.6. The van der Waals surface area contributed by atoms with Crippen LogP contribution in [0.1, 0.15) is 38.2 Å². The zero-order valence-corrected chi connectivity index (χ0v) is 12.7. The first-order valence-electron chi connectivity index (χ1n) is 7.62. The van der Waals surface area contributed by atoms with Crippen molar-refractivity contribution in [1.82, 2.24) is 9.61 Å². The first kappa shape index (κ1) is 14.5. The summed E-state index contributed by atoms with van der Waals surface area (Å²) in [4.78, 5) is 0. The lowest BCUT2D eigenvalue weighted by atomic mass is 9.85. The van der Waals surface area contributed by atoms with Crippen LogP contribution in [0.3, 0.4) is 0 Å². The molecule has 2 heterocycles. The van der Waals surface area contributed by atoms with Crippen molar-refractivity contribution in [2.45, 2.75) is 38.6 Å². The quantitative estimate of drug-likeness (QED) is 0.300. The molecular weight excluding hydrogens is 280 g/mol. The van der Waals surface area contributed by atoms with Crippen LogP contribution in [0, 0.1) is 5.92 Å². The van der Waals surface area contributed by atoms with Crippen molar-refractivity contribution in [1.29, 1.82) is 0 Å². The Morgan fingerprint density at radius 3 is 2.91 bits per heavy atom. The lowest BCUT2D eigenvalue weighted by Gasteiger charge is -2.31. The normalized spacial score (nSPS) is 22.9. The van der Waals surface area contributed by atoms with Gasteiger partial charge in [0.1, 0.15) is 5.82 Å². The topological polar surface area (TPSA) is 114 Å². The van der Waals surface area contributed by atoms with Gasteiger partial charge in [0, 0.05) is 6.04 Å². The average Bonchev–Trinajstić information content (AvgIpc) is 2.91. The molecule has 1 aliphatic carbocycles. The second kappa shape index (κ2) is 5.75. The van der Waals surface area contributed by atoms with E-state index in [0.29, 0.717) is 23.3 Å². The van der Waals surface area contributed by atoms with Crippen LogP contribution in [0.25, 0.3) is 5.52 Å². The van der Waals surface area contributed by atoms with Crippen LogP contribution in [0.4, 0.5) is 11.5 Å². The Bertz CT molecular complexity index is 707. The third kappa shape index (κ3) is 2.43. The molecule has 6 N–H and O–H groups in total. The number of fused-ring (bicyclic) bond motifs is 1. The standard InChI is InChI=1S/C15H22N6O/c1-9-4-2-3-5-11(9)19-14-10(15(17)20-22)8-18-21-12(14)6-7-13(21)16/h6-9,11,19,22H,2-5,16H2,1H3,(H2,17,20)/t9-,11+/m0/s1. The number of amidine groups is 1. The summed E-state index contributed by atoms with van der Waals surface area (Å²) in [6, 6.07) is 4.06. The molecule has 22 heavy (non-hydrogen) atoms. The van der Waals surface area contributed by atoms with Gasteiger partial charge in [0.05, 0.1) is 23.0 Å². The minimum Gasteiger partial charge on any atom is -0.409 e. The monoisotopic (exact) mass is 302 g/mol. The largest absolute Gasteiger partial charge is 0.409 e. The molecule has 0 unspecified atom stereocenters. The summed E-state index contributed by atoms with van der Waals surface area (Å²) in [5.74, 6) is 1.18. The second-order valence-corrected chi connectivity index (χ2v) is 5.99. The van der Waals surface area contributed by atoms with E-state index >= 15 is 0 Å². The van der Waals surface area contributed by atoms with Crippen LogP contribution in [0.5, 0.6) is 0 Å². The fourth-order valence-corrected chi connectivity index (χ4v) is 3.20. The summed E-state index contributed by atoms with van der Waals surface area (Å²) in [5.41, 5.74) is 14.0. The van der Waals surface area contributed by atoms with E-state index in [4.69, 9.17) is 16.7 Å². The van der Waals surface area contributed by atoms with E-state index in [-0.39, 0.29) is 5.84 Å². The fourth-order valence-electron chi connectivity index (χ4n) is 3.20. The summed E-state index contributed by atoms with van der Waals surface area (Å²) < 4.78 is 1.66. The number of hydrogen-bond acceptors (Lipinski definition) is 5. The molecule has 0 radical (unpaired) electrons. The molecule has 0 aromatic carbocycles. The number of nitrogens with two attached hydrogens (primary N) is 2. The fraction of sp³-hybridized carbons (Fsp3) is 0.467. The third-order valence-corrected chi connectivity index (χ3v) is 4.54. The van der Waals surface area contributed by atoms with E-state index in [1.165, 1.54) is 19.3 Å². The number of rotatable bonds is 3. The Morgan fingerprint density at radius 2 is 2.18 bits per heavy atom. The summed E-state index contributed by atoms with van der Waals surface area (Å²) in [7, 11) is 0. The van der Waals surface area contributed by atoms with Gasteiger partial charge in [-0.1, -0.05) is 24.9 Å². The smallest absolute Gasteiger partial charge is 0.173 e. The van der Waals surface area contributed by atoms with Crippen molar-refractivity contribution in [3.8, 4) is 0 Å². The average molecular weight is 302 g/mol. The van der Waals surface area contributed by atoms with Crippen molar-refractivity contribution in [3.05, 3.63) is 23.9 Å². The minimum absolute atomic E-state index is 0.0423. The third-order valence-electron chi connectivity index (χ3n) is 4.54. The van der Waals surface area contributed by atoms with Crippen molar-refractivity contribution in [2.24, 2.45) is 16.8 Å². The Morgan fingerprint density at radius 1 is 1.41 bits per heavy atom. The van der Waals surface area contributed by atoms with Gasteiger partial charge in [-0.05, 0) is 30.9 Å². The lowest BCUT2D eigenvalue weighted by molar-refractivity contribution is 0.318. The summed E-state index contributed by atoms with van der Waals surface area (Å²) in [6.07, 6.45) is 6.39. The SMILES string of the molecule is C[C@H]1CCCC[C@H]1Nc1c(C(N)=NO)cnn2c(N)ccc12. The second-order valence-electron chi connectivity index (χ2n) is 5.99. The summed E-state index contributed by atoms with van der Waals surface area (Å²) >= 11 is 0. The maximum atomic E-state index is 9.02. The van der Waals surface area contributed by atoms with E-state index in [2.05, 4.69) is 22.5 Å². The van der Waals surface area contributed by atoms with E-state index in [1.807, 2.05) is 6.07 Å². The van der Waals surface area contributed by atoms with Gasteiger partial charge in [-0.2, -0.15) is 5.10 Å². The van der Waals surface area contributed by atoms with Gasteiger partial charge in [-0.3, -0.25) is 0 Å². The highest BCUT2D eigenvalue weighted by atomic mass is 16.4. The summed E-state index contributed by atoms with van der Waals surface area (Å²) in [5, 5.41) is 20.0. The Kier molecular flexibility index (Phi) is 3.79. The molecule has 0 aliphatic heterocycles. The molecule has 0 spiro atoms. The van der Waals surface area contributed by atoms with E-state index in [1.54, 1.807) is 16.8 Å². The van der Waals surface area contributed by atoms with Crippen molar-refractivity contribution in [3.63, 3.8) is 0 Å². The van der Waals surface area contributed by atoms with E-state index < -0.39 is 0 Å². The Hall–Kier alpha value is -2.44. The predicted molar refractivity (Wildman–Crippen MR) is 87.2 cm³/mol. The number of anilines is 2. The molecule has 0 bridgehead atoms. The van der Waals surface area contributed by atoms with Crippen LogP contribution in [0.2, 0.25) is 0 Å². The van der Waals surface area contributed by atoms with Crippen molar-refractivity contribution < 1.29 is 5.21 Å². The van der Waals surface area contributed by atoms with E-state index in [9.17, 15) is 0 Å². The Balaban J connectivity index is 2.07. The van der Waals surface area contributed by atoms with Crippen molar-refractivity contribution >= 4 is 22.9 Å². The van der Waals surface area contributed by atoms with Gasteiger partial charge in [0.25, 0.3) is 0 Å². The maximum Gasteiger partial charge on any atom is 0.173 e. The number of nitrogens with zero attached hydrogens (tertiary/aromatic N) is 3. The highest BCUT2D eigenvalue weighted by Crippen LogP contribution is 2.31. The number of nitrogen functional groups attached to an aromatic ring is 1. The summed E-state index contributed by atoms with van der Waals surface area (Å²) in [6.45, 7) is 2.25. The zero-order valence-electron chi connectivity index (χ0n) is 12.7. The first-order valence-corrected chi connectivity index (χ1v) is 7.62. The van der Waals surface area contributed by atoms with Crippen LogP contribution in [-0.4, -0.2) is 26.7 Å². The minimum atomic E-state index is 0.0423. The molecule has 0 saturated heterocycles. The molecule has 0 amide bonds. The van der Waals surface area contributed by atoms with Gasteiger partial charge < -0.3 is 22.0 Å². The molecule has 2 aromatic rings. The molecule has 1 fully saturated rings. The predicted octanol–water partition coefficient (Wildman–Crippen LogP) is 2.00. The van der Waals surface area contributed by atoms with Crippen LogP contribution < -0.4 is 16.8 Å². The molecule has 3 rings (SSSR count). The zero-order chi connectivity index (χ0) is 15.7. The molecule has 118 valence electrons. The highest BCUT2D eigenvalue weighted by molar-refractivity contribution is 6.05. The molecule has 2 aromatic heterocycles. The van der Waals surface area contributed by atoms with Crippen LogP contribution in [0.15, 0.2) is 23.5 Å². The molecular formula is C15H22N6O. The van der Waals surface area contributed by atoms with Crippen molar-refractivity contribution in [2.75, 3.05) is 11.1 Å². The molecule has 1 aliphatic rings. The lowest BCUT2D eigenvalue weighted by Crippen LogP contribution is -2.32. The number of oxime groups is 1. The maximum absolute atomic E-state index is 9.02. The van der Waals surface area contributed by atoms with Crippen LogP contribution >= 0.6 is 0 Å². The Labute approximate surface area is 129 Å². The number of aromatic nitrogens is 2. The van der Waals surface area contributed by atoms with Gasteiger partial charge >= 0.3 is 0 Å². The van der Waals surface area contributed by atoms with Gasteiger partial charge in [0.15, 0.2) is 5.84 Å². The number of hydrogen-bond donors (Lipinski definition) is 4. The van der Waals surface area contributed by atoms with Crippen LogP contribution in [-0.2, 0) is 0 Å². The van der Waals surface area contributed by atoms with Gasteiger partial charge in [0.2, 0.25) is 0 Å². The molecule has 2 atom stereocenters. The molecule has 1 saturated carbocycles. The molecule has 7 heteroatoms. The van der Waals surface area contributed by atoms with Gasteiger partial charge in [-0.15, -0.1) is 0 Å². The highest BCUT2D eigenvalue weighted by Gasteiger charge is 2.24. The van der Waals surface area contributed by atoms with E-state index in [0.717, 1.165) is 17.6 Å². The van der Waals surface area contributed by atoms with Gasteiger partial charge in [-0.25, -0.2) is 4.52 Å². The number of nitrogens with one attached hydrogen (secondary N) is 1.